The maximum absolute atomic E-state index is 12.6. The molecule has 0 spiro atoms. The lowest BCUT2D eigenvalue weighted by molar-refractivity contribution is -0.115. The zero-order chi connectivity index (χ0) is 20.9. The Balaban J connectivity index is 2.01. The van der Waals surface area contributed by atoms with Crippen molar-refractivity contribution >= 4 is 27.6 Å². The topological polar surface area (TPSA) is 102 Å². The fourth-order valence-electron chi connectivity index (χ4n) is 2.93. The van der Waals surface area contributed by atoms with E-state index in [1.807, 2.05) is 6.92 Å². The summed E-state index contributed by atoms with van der Waals surface area (Å²) < 4.78 is 32.4. The third-order valence-electron chi connectivity index (χ3n) is 3.98. The summed E-state index contributed by atoms with van der Waals surface area (Å²) in [6, 6.07) is 9.72. The van der Waals surface area contributed by atoms with Crippen LogP contribution in [-0.4, -0.2) is 33.4 Å². The summed E-state index contributed by atoms with van der Waals surface area (Å²) in [6.07, 6.45) is 0. The van der Waals surface area contributed by atoms with E-state index in [1.165, 1.54) is 12.1 Å². The number of hydrogen-bond donors (Lipinski definition) is 2. The van der Waals surface area contributed by atoms with Crippen LogP contribution < -0.4 is 10.0 Å². The number of ether oxygens (including phenoxy) is 1. The Bertz CT molecular complexity index is 959. The molecule has 28 heavy (non-hydrogen) atoms. The van der Waals surface area contributed by atoms with Crippen LogP contribution in [0.15, 0.2) is 41.3 Å². The zero-order valence-corrected chi connectivity index (χ0v) is 17.1. The number of carbonyl (C=O) groups is 2. The monoisotopic (exact) mass is 404 g/mol. The van der Waals surface area contributed by atoms with Crippen molar-refractivity contribution in [3.63, 3.8) is 0 Å². The molecule has 7 nitrogen and oxygen atoms in total. The van der Waals surface area contributed by atoms with Gasteiger partial charge < -0.3 is 10.1 Å². The molecule has 2 aromatic carbocycles. The quantitative estimate of drug-likeness (QED) is 0.691. The smallest absolute Gasteiger partial charge is 0.338 e. The molecule has 2 rings (SSSR count). The Morgan fingerprint density at radius 1 is 1.00 bits per heavy atom. The first-order valence-corrected chi connectivity index (χ1v) is 10.3. The molecule has 0 saturated carbocycles. The number of hydrogen-bond acceptors (Lipinski definition) is 5. The highest BCUT2D eigenvalue weighted by Gasteiger charge is 2.20. The molecule has 8 heteroatoms. The van der Waals surface area contributed by atoms with Crippen LogP contribution in [0.2, 0.25) is 0 Å². The molecular formula is C20H24N2O5S. The minimum Gasteiger partial charge on any atom is -0.462 e. The summed E-state index contributed by atoms with van der Waals surface area (Å²) in [5, 5.41) is 2.58. The molecule has 0 bridgehead atoms. The van der Waals surface area contributed by atoms with Crippen LogP contribution >= 0.6 is 0 Å². The minimum atomic E-state index is -3.82. The fourth-order valence-corrected chi connectivity index (χ4v) is 4.36. The molecule has 0 fully saturated rings. The van der Waals surface area contributed by atoms with Crippen molar-refractivity contribution < 1.29 is 22.7 Å². The molecule has 0 atom stereocenters. The molecule has 1 amide bonds. The molecule has 0 saturated heterocycles. The largest absolute Gasteiger partial charge is 0.462 e. The Labute approximate surface area is 165 Å². The highest BCUT2D eigenvalue weighted by Crippen LogP contribution is 2.21. The zero-order valence-electron chi connectivity index (χ0n) is 16.3. The summed E-state index contributed by atoms with van der Waals surface area (Å²) in [7, 11) is -3.82. The lowest BCUT2D eigenvalue weighted by atomic mass is 10.1. The lowest BCUT2D eigenvalue weighted by Crippen LogP contribution is -2.33. The van der Waals surface area contributed by atoms with Gasteiger partial charge >= 0.3 is 5.97 Å². The van der Waals surface area contributed by atoms with Crippen LogP contribution in [0.3, 0.4) is 0 Å². The average Bonchev–Trinajstić information content (AvgIpc) is 2.60. The van der Waals surface area contributed by atoms with Gasteiger partial charge in [0.25, 0.3) is 0 Å². The van der Waals surface area contributed by atoms with Crippen molar-refractivity contribution in [2.75, 3.05) is 18.5 Å². The molecule has 0 aliphatic heterocycles. The predicted molar refractivity (Wildman–Crippen MR) is 107 cm³/mol. The Kier molecular flexibility index (Phi) is 6.93. The summed E-state index contributed by atoms with van der Waals surface area (Å²) in [5.74, 6) is -0.966. The number of rotatable bonds is 7. The highest BCUT2D eigenvalue weighted by atomic mass is 32.2. The van der Waals surface area contributed by atoms with Crippen molar-refractivity contribution in [1.29, 1.82) is 0 Å². The average molecular weight is 404 g/mol. The van der Waals surface area contributed by atoms with Crippen LogP contribution in [0.4, 0.5) is 5.69 Å². The summed E-state index contributed by atoms with van der Waals surface area (Å²) in [4.78, 5) is 23.9. The van der Waals surface area contributed by atoms with Gasteiger partial charge in [0.05, 0.1) is 23.6 Å². The second-order valence-corrected chi connectivity index (χ2v) is 8.10. The molecule has 0 radical (unpaired) electrons. The van der Waals surface area contributed by atoms with Crippen LogP contribution in [-0.2, 0) is 19.6 Å². The van der Waals surface area contributed by atoms with Crippen LogP contribution in [0.25, 0.3) is 0 Å². The van der Waals surface area contributed by atoms with E-state index in [-0.39, 0.29) is 11.5 Å². The Hall–Kier alpha value is -2.71. The van der Waals surface area contributed by atoms with Crippen LogP contribution in [0.5, 0.6) is 0 Å². The van der Waals surface area contributed by atoms with Crippen molar-refractivity contribution in [2.24, 2.45) is 0 Å². The standard InChI is InChI=1S/C20H24N2O5S/c1-5-27-20(24)16-6-8-17(9-7-16)22-18(23)12-21-28(25,26)19-14(3)10-13(2)11-15(19)4/h6-11,21H,5,12H2,1-4H3,(H,22,23). The minimum absolute atomic E-state index is 0.185. The van der Waals surface area contributed by atoms with Crippen molar-refractivity contribution in [2.45, 2.75) is 32.6 Å². The third kappa shape index (κ3) is 5.40. The van der Waals surface area contributed by atoms with Gasteiger partial charge in [0, 0.05) is 5.69 Å². The van der Waals surface area contributed by atoms with E-state index in [0.29, 0.717) is 22.4 Å². The molecule has 0 heterocycles. The first kappa shape index (κ1) is 21.6. The molecule has 0 aliphatic carbocycles. The number of nitrogens with one attached hydrogen (secondary N) is 2. The van der Waals surface area contributed by atoms with E-state index in [4.69, 9.17) is 4.74 Å². The van der Waals surface area contributed by atoms with Gasteiger partial charge in [-0.1, -0.05) is 17.7 Å². The molecule has 0 aliphatic rings. The van der Waals surface area contributed by atoms with Crippen molar-refractivity contribution in [1.82, 2.24) is 4.72 Å². The predicted octanol–water partition coefficient (Wildman–Crippen LogP) is 2.71. The van der Waals surface area contributed by atoms with Gasteiger partial charge in [-0.05, 0) is 63.1 Å². The van der Waals surface area contributed by atoms with Gasteiger partial charge in [0.2, 0.25) is 15.9 Å². The second kappa shape index (κ2) is 8.99. The SMILES string of the molecule is CCOC(=O)c1ccc(NC(=O)CNS(=O)(=O)c2c(C)cc(C)cc2C)cc1. The molecule has 0 unspecified atom stereocenters. The third-order valence-corrected chi connectivity index (χ3v) is 5.68. The van der Waals surface area contributed by atoms with E-state index in [0.717, 1.165) is 5.56 Å². The number of esters is 1. The number of benzene rings is 2. The molecule has 2 aromatic rings. The number of carbonyl (C=O) groups excluding carboxylic acids is 2. The van der Waals surface area contributed by atoms with E-state index >= 15 is 0 Å². The van der Waals surface area contributed by atoms with Crippen molar-refractivity contribution in [3.8, 4) is 0 Å². The van der Waals surface area contributed by atoms with E-state index in [1.54, 1.807) is 45.0 Å². The maximum atomic E-state index is 12.6. The normalized spacial score (nSPS) is 11.1. The summed E-state index contributed by atoms with van der Waals surface area (Å²) >= 11 is 0. The van der Waals surface area contributed by atoms with Gasteiger partial charge in [-0.25, -0.2) is 17.9 Å². The molecule has 0 aromatic heterocycles. The molecular weight excluding hydrogens is 380 g/mol. The number of anilines is 1. The summed E-state index contributed by atoms with van der Waals surface area (Å²) in [5.41, 5.74) is 3.03. The van der Waals surface area contributed by atoms with E-state index in [2.05, 4.69) is 10.0 Å². The van der Waals surface area contributed by atoms with E-state index < -0.39 is 28.4 Å². The molecule has 2 N–H and O–H groups in total. The first-order valence-electron chi connectivity index (χ1n) is 8.78. The Morgan fingerprint density at radius 3 is 2.11 bits per heavy atom. The van der Waals surface area contributed by atoms with Gasteiger partial charge in [-0.15, -0.1) is 0 Å². The van der Waals surface area contributed by atoms with E-state index in [9.17, 15) is 18.0 Å². The van der Waals surface area contributed by atoms with Gasteiger partial charge in [-0.3, -0.25) is 4.79 Å². The van der Waals surface area contributed by atoms with Gasteiger partial charge in [0.15, 0.2) is 0 Å². The Morgan fingerprint density at radius 2 is 1.57 bits per heavy atom. The number of aryl methyl sites for hydroxylation is 3. The van der Waals surface area contributed by atoms with Crippen LogP contribution in [0.1, 0.15) is 34.0 Å². The highest BCUT2D eigenvalue weighted by molar-refractivity contribution is 7.89. The number of sulfonamides is 1. The first-order chi connectivity index (χ1) is 13.1. The molecule has 150 valence electrons. The lowest BCUT2D eigenvalue weighted by Gasteiger charge is -2.13. The van der Waals surface area contributed by atoms with Crippen molar-refractivity contribution in [3.05, 3.63) is 58.7 Å². The fraction of sp³-hybridized carbons (Fsp3) is 0.300. The second-order valence-electron chi connectivity index (χ2n) is 6.40. The van der Waals surface area contributed by atoms with Gasteiger partial charge in [0.1, 0.15) is 0 Å². The maximum Gasteiger partial charge on any atom is 0.338 e. The summed E-state index contributed by atoms with van der Waals surface area (Å²) in [6.45, 7) is 6.92. The van der Waals surface area contributed by atoms with Crippen LogP contribution in [0, 0.1) is 20.8 Å². The van der Waals surface area contributed by atoms with Gasteiger partial charge in [-0.2, -0.15) is 0 Å². The number of amides is 1.